The summed E-state index contributed by atoms with van der Waals surface area (Å²) < 4.78 is 24.0. The van der Waals surface area contributed by atoms with Gasteiger partial charge in [-0.1, -0.05) is 34.6 Å². The molecule has 0 radical (unpaired) electrons. The highest BCUT2D eigenvalue weighted by molar-refractivity contribution is 5.66. The number of esters is 1. The van der Waals surface area contributed by atoms with Gasteiger partial charge in [-0.25, -0.2) is 0 Å². The maximum atomic E-state index is 12.6. The molecule has 0 aromatic carbocycles. The van der Waals surface area contributed by atoms with Crippen molar-refractivity contribution in [1.82, 2.24) is 0 Å². The average Bonchev–Trinajstić information content (AvgIpc) is 3.65. The van der Waals surface area contributed by atoms with Crippen molar-refractivity contribution in [2.24, 2.45) is 50.7 Å². The number of hydrogen-bond donors (Lipinski definition) is 7. The van der Waals surface area contributed by atoms with Crippen LogP contribution >= 0.6 is 0 Å². The predicted octanol–water partition coefficient (Wildman–Crippen LogP) is 1.62. The number of ether oxygens (including phenoxy) is 4. The monoisotopic (exact) mass is 696 g/mol. The highest BCUT2D eigenvalue weighted by atomic mass is 16.7. The largest absolute Gasteiger partial charge is 0.457 e. The molecule has 9 unspecified atom stereocenters. The second-order valence-electron chi connectivity index (χ2n) is 18.9. The Morgan fingerprint density at radius 1 is 0.898 bits per heavy atom. The van der Waals surface area contributed by atoms with E-state index in [9.17, 15) is 40.5 Å². The Labute approximate surface area is 289 Å². The molecule has 7 N–H and O–H groups in total. The van der Waals surface area contributed by atoms with Crippen LogP contribution in [0.2, 0.25) is 0 Å². The molecule has 0 aromatic rings. The Balaban J connectivity index is 1.18. The summed E-state index contributed by atoms with van der Waals surface area (Å²) in [6, 6.07) is 0. The quantitative estimate of drug-likeness (QED) is 0.162. The molecule has 5 saturated carbocycles. The molecule has 0 amide bonds. The van der Waals surface area contributed by atoms with Gasteiger partial charge < -0.3 is 54.7 Å². The smallest absolute Gasteiger partial charge is 0.303 e. The molecule has 2 spiro atoms. The molecule has 49 heavy (non-hydrogen) atoms. The van der Waals surface area contributed by atoms with Crippen LogP contribution in [0.5, 0.6) is 0 Å². The van der Waals surface area contributed by atoms with Gasteiger partial charge in [0.05, 0.1) is 24.4 Å². The number of rotatable bonds is 5. The van der Waals surface area contributed by atoms with Crippen molar-refractivity contribution in [1.29, 1.82) is 0 Å². The van der Waals surface area contributed by atoms with Gasteiger partial charge in [-0.3, -0.25) is 4.79 Å². The number of carbonyl (C=O) groups is 1. The van der Waals surface area contributed by atoms with E-state index in [0.717, 1.165) is 44.9 Å². The molecule has 0 bridgehead atoms. The van der Waals surface area contributed by atoms with Crippen molar-refractivity contribution in [2.75, 3.05) is 6.61 Å². The van der Waals surface area contributed by atoms with Crippen LogP contribution in [0.25, 0.3) is 0 Å². The second kappa shape index (κ2) is 11.1. The Morgan fingerprint density at radius 2 is 1.53 bits per heavy atom. The number of aliphatic hydroxyl groups is 7. The number of fused-ring (bicyclic) bond motifs is 4. The molecular weight excluding hydrogens is 636 g/mol. The molecule has 18 atom stereocenters. The number of aliphatic hydroxyl groups excluding tert-OH is 5. The summed E-state index contributed by atoms with van der Waals surface area (Å²) in [5, 5.41) is 78.7. The van der Waals surface area contributed by atoms with Gasteiger partial charge in [-0.15, -0.1) is 0 Å². The Bertz CT molecular complexity index is 1330. The highest BCUT2D eigenvalue weighted by Gasteiger charge is 2.87. The van der Waals surface area contributed by atoms with Crippen molar-refractivity contribution >= 4 is 5.97 Å². The fraction of sp³-hybridized carbons (Fsp3) is 0.973. The summed E-state index contributed by atoms with van der Waals surface area (Å²) in [5.74, 6) is -3.44. The zero-order chi connectivity index (χ0) is 36.1. The van der Waals surface area contributed by atoms with Crippen LogP contribution in [0.1, 0.15) is 100 Å². The lowest BCUT2D eigenvalue weighted by atomic mass is 9.41. The lowest BCUT2D eigenvalue weighted by molar-refractivity contribution is -0.362. The summed E-state index contributed by atoms with van der Waals surface area (Å²) in [6.45, 7) is 14.6. The van der Waals surface area contributed by atoms with Crippen LogP contribution in [0, 0.1) is 50.7 Å². The first-order valence-corrected chi connectivity index (χ1v) is 18.5. The van der Waals surface area contributed by atoms with Crippen molar-refractivity contribution in [2.45, 2.75) is 167 Å². The lowest BCUT2D eigenvalue weighted by Gasteiger charge is -2.63. The van der Waals surface area contributed by atoms with Gasteiger partial charge in [0.25, 0.3) is 0 Å². The third kappa shape index (κ3) is 4.54. The topological polar surface area (TPSA) is 196 Å². The van der Waals surface area contributed by atoms with Crippen molar-refractivity contribution in [3.63, 3.8) is 0 Å². The minimum atomic E-state index is -2.04. The summed E-state index contributed by atoms with van der Waals surface area (Å²) in [6.07, 6.45) is -3.99. The summed E-state index contributed by atoms with van der Waals surface area (Å²) in [4.78, 5) is 12.1. The van der Waals surface area contributed by atoms with E-state index < -0.39 is 89.0 Å². The summed E-state index contributed by atoms with van der Waals surface area (Å²) in [5.41, 5.74) is -3.24. The van der Waals surface area contributed by atoms with Gasteiger partial charge >= 0.3 is 5.97 Å². The van der Waals surface area contributed by atoms with E-state index in [-0.39, 0.29) is 34.9 Å². The Kier molecular flexibility index (Phi) is 8.22. The molecule has 7 rings (SSSR count). The molecule has 12 heteroatoms. The molecule has 0 aromatic heterocycles. The molecule has 7 aliphatic rings. The molecule has 5 aliphatic carbocycles. The molecule has 12 nitrogen and oxygen atoms in total. The van der Waals surface area contributed by atoms with E-state index in [0.29, 0.717) is 5.92 Å². The second-order valence-corrected chi connectivity index (χ2v) is 18.9. The Hall–Kier alpha value is -0.930. The SMILES string of the molecule is CC(=O)O[C@@H](C1O[C@]2(O)C([C@H](C)C1O)C1(C)CCC34CC35CCC(O[C@@H]3OC[C@@H](O)[C@@H](O)[C@H]3O)C(C)(C)C5CCC4[C@]1(C)[C@H]2O)C(C)(C)O. The minimum absolute atomic E-state index is 0.0251. The standard InChI is InChI=1S/C37H60O12/c1-17-23(40)26(28(32(5,6)44)47-18(2)38)49-37(45)27(17)33(7)13-14-36-16-35(36)12-11-22(48-29-25(42)24(41)19(39)15-46-29)31(3,4)20(35)9-10-21(36)34(33,8)30(37)43/h17,19-30,39-45H,9-16H2,1-8H3/t17-,19-,20?,21?,22?,23?,24-,25-,26?,27?,28+,29+,30-,33?,34-,35?,36?,37-/m1/s1. The first-order chi connectivity index (χ1) is 22.5. The fourth-order valence-electron chi connectivity index (χ4n) is 13.7. The zero-order valence-electron chi connectivity index (χ0n) is 30.3. The van der Waals surface area contributed by atoms with Crippen LogP contribution < -0.4 is 0 Å². The van der Waals surface area contributed by atoms with E-state index in [4.69, 9.17) is 18.9 Å². The molecule has 2 heterocycles. The van der Waals surface area contributed by atoms with Crippen LogP contribution in [0.15, 0.2) is 0 Å². The first kappa shape index (κ1) is 36.4. The maximum absolute atomic E-state index is 12.6. The minimum Gasteiger partial charge on any atom is -0.457 e. The van der Waals surface area contributed by atoms with Gasteiger partial charge in [0.2, 0.25) is 0 Å². The van der Waals surface area contributed by atoms with Gasteiger partial charge in [-0.2, -0.15) is 0 Å². The van der Waals surface area contributed by atoms with Crippen LogP contribution in [-0.4, -0.2) is 115 Å². The lowest BCUT2D eigenvalue weighted by Crippen LogP contribution is -2.66. The first-order valence-electron chi connectivity index (χ1n) is 18.5. The highest BCUT2D eigenvalue weighted by Crippen LogP contribution is 2.89. The molecule has 7 fully saturated rings. The van der Waals surface area contributed by atoms with E-state index in [1.54, 1.807) is 0 Å². The van der Waals surface area contributed by atoms with Gasteiger partial charge in [0.1, 0.15) is 30.5 Å². The van der Waals surface area contributed by atoms with E-state index in [2.05, 4.69) is 27.7 Å². The van der Waals surface area contributed by atoms with Crippen LogP contribution in [0.4, 0.5) is 0 Å². The van der Waals surface area contributed by atoms with Gasteiger partial charge in [0.15, 0.2) is 18.2 Å². The van der Waals surface area contributed by atoms with Crippen LogP contribution in [0.3, 0.4) is 0 Å². The Morgan fingerprint density at radius 3 is 2.16 bits per heavy atom. The van der Waals surface area contributed by atoms with E-state index in [1.165, 1.54) is 20.8 Å². The van der Waals surface area contributed by atoms with E-state index >= 15 is 0 Å². The predicted molar refractivity (Wildman–Crippen MR) is 173 cm³/mol. The van der Waals surface area contributed by atoms with Crippen LogP contribution in [-0.2, 0) is 23.7 Å². The molecule has 2 saturated heterocycles. The zero-order valence-corrected chi connectivity index (χ0v) is 30.3. The molecule has 280 valence electrons. The maximum Gasteiger partial charge on any atom is 0.303 e. The molecular formula is C37H60O12. The molecule has 2 aliphatic heterocycles. The number of hydrogen-bond acceptors (Lipinski definition) is 12. The normalized spacial score (nSPS) is 56.7. The average molecular weight is 697 g/mol. The third-order valence-electron chi connectivity index (χ3n) is 16.1. The van der Waals surface area contributed by atoms with Crippen molar-refractivity contribution in [3.8, 4) is 0 Å². The van der Waals surface area contributed by atoms with Crippen molar-refractivity contribution in [3.05, 3.63) is 0 Å². The van der Waals surface area contributed by atoms with Gasteiger partial charge in [0, 0.05) is 18.3 Å². The summed E-state index contributed by atoms with van der Waals surface area (Å²) >= 11 is 0. The van der Waals surface area contributed by atoms with Crippen molar-refractivity contribution < 1.29 is 59.5 Å². The third-order valence-corrected chi connectivity index (χ3v) is 16.1. The number of carbonyl (C=O) groups excluding carboxylic acids is 1. The summed E-state index contributed by atoms with van der Waals surface area (Å²) in [7, 11) is 0. The van der Waals surface area contributed by atoms with Gasteiger partial charge in [-0.05, 0) is 98.2 Å². The fourth-order valence-corrected chi connectivity index (χ4v) is 13.7. The van der Waals surface area contributed by atoms with E-state index in [1.807, 2.05) is 6.92 Å².